The van der Waals surface area contributed by atoms with E-state index < -0.39 is 5.82 Å². The number of hydrogen-bond acceptors (Lipinski definition) is 2. The molecule has 1 heterocycles. The molecule has 1 amide bonds. The molecule has 2 N–H and O–H groups in total. The molecule has 1 aromatic carbocycles. The van der Waals surface area contributed by atoms with Gasteiger partial charge < -0.3 is 10.6 Å². The van der Waals surface area contributed by atoms with Crippen molar-refractivity contribution in [3.8, 4) is 0 Å². The molecule has 0 fully saturated rings. The molecule has 3 nitrogen and oxygen atoms in total. The van der Waals surface area contributed by atoms with Crippen molar-refractivity contribution in [2.24, 2.45) is 0 Å². The molecule has 0 aromatic heterocycles. The summed E-state index contributed by atoms with van der Waals surface area (Å²) < 4.78 is 13.1. The standard InChI is InChI=1S/C13H15FN2O/c1-9-3-2-6-16(8-9)13(17)11-7-10(14)4-5-12(11)15/h3-5,7H,2,6,8,15H2,1H3. The van der Waals surface area contributed by atoms with Crippen LogP contribution in [-0.2, 0) is 0 Å². The van der Waals surface area contributed by atoms with E-state index in [1.54, 1.807) is 4.90 Å². The number of halogens is 1. The second kappa shape index (κ2) is 4.57. The summed E-state index contributed by atoms with van der Waals surface area (Å²) in [4.78, 5) is 13.9. The molecule has 0 unspecified atom stereocenters. The van der Waals surface area contributed by atoms with Crippen LogP contribution in [0.4, 0.5) is 10.1 Å². The van der Waals surface area contributed by atoms with Crippen LogP contribution in [0.2, 0.25) is 0 Å². The minimum Gasteiger partial charge on any atom is -0.398 e. The van der Waals surface area contributed by atoms with Crippen molar-refractivity contribution in [2.75, 3.05) is 18.8 Å². The lowest BCUT2D eigenvalue weighted by atomic mass is 10.1. The quantitative estimate of drug-likeness (QED) is 0.598. The van der Waals surface area contributed by atoms with E-state index in [0.717, 1.165) is 12.0 Å². The number of nitrogen functional groups attached to an aromatic ring is 1. The summed E-state index contributed by atoms with van der Waals surface area (Å²) in [5.74, 6) is -0.638. The first-order valence-corrected chi connectivity index (χ1v) is 5.58. The number of hydrogen-bond donors (Lipinski definition) is 1. The van der Waals surface area contributed by atoms with Gasteiger partial charge in [0.1, 0.15) is 5.82 Å². The van der Waals surface area contributed by atoms with E-state index in [-0.39, 0.29) is 11.5 Å². The second-order valence-corrected chi connectivity index (χ2v) is 4.30. The maximum absolute atomic E-state index is 13.1. The third-order valence-electron chi connectivity index (χ3n) is 2.87. The van der Waals surface area contributed by atoms with Crippen LogP contribution in [-0.4, -0.2) is 23.9 Å². The van der Waals surface area contributed by atoms with Crippen molar-refractivity contribution in [1.29, 1.82) is 0 Å². The number of benzene rings is 1. The summed E-state index contributed by atoms with van der Waals surface area (Å²) in [6.07, 6.45) is 2.95. The minimum absolute atomic E-state index is 0.200. The van der Waals surface area contributed by atoms with Crippen molar-refractivity contribution < 1.29 is 9.18 Å². The third kappa shape index (κ3) is 2.46. The lowest BCUT2D eigenvalue weighted by Crippen LogP contribution is -2.35. The first kappa shape index (κ1) is 11.6. The third-order valence-corrected chi connectivity index (χ3v) is 2.87. The Morgan fingerprint density at radius 2 is 2.24 bits per heavy atom. The molecule has 0 aliphatic carbocycles. The van der Waals surface area contributed by atoms with E-state index in [1.807, 2.05) is 6.92 Å². The van der Waals surface area contributed by atoms with Crippen LogP contribution < -0.4 is 5.73 Å². The van der Waals surface area contributed by atoms with Crippen LogP contribution >= 0.6 is 0 Å². The Balaban J connectivity index is 2.25. The fourth-order valence-corrected chi connectivity index (χ4v) is 1.97. The zero-order valence-electron chi connectivity index (χ0n) is 9.74. The molecule has 1 aromatic rings. The number of carbonyl (C=O) groups excluding carboxylic acids is 1. The average Bonchev–Trinajstić information content (AvgIpc) is 2.31. The molecular weight excluding hydrogens is 219 g/mol. The van der Waals surface area contributed by atoms with Crippen molar-refractivity contribution in [1.82, 2.24) is 4.90 Å². The van der Waals surface area contributed by atoms with Gasteiger partial charge in [-0.05, 0) is 31.5 Å². The molecule has 0 radical (unpaired) electrons. The fourth-order valence-electron chi connectivity index (χ4n) is 1.97. The monoisotopic (exact) mass is 234 g/mol. The molecule has 1 aliphatic rings. The van der Waals surface area contributed by atoms with E-state index in [0.29, 0.717) is 18.8 Å². The van der Waals surface area contributed by atoms with Gasteiger partial charge in [-0.2, -0.15) is 0 Å². The number of nitrogens with zero attached hydrogens (tertiary/aromatic N) is 1. The summed E-state index contributed by atoms with van der Waals surface area (Å²) in [5.41, 5.74) is 7.43. The topological polar surface area (TPSA) is 46.3 Å². The predicted octanol–water partition coefficient (Wildman–Crippen LogP) is 2.20. The second-order valence-electron chi connectivity index (χ2n) is 4.30. The maximum atomic E-state index is 13.1. The van der Waals surface area contributed by atoms with Crippen molar-refractivity contribution >= 4 is 11.6 Å². The molecule has 0 bridgehead atoms. The van der Waals surface area contributed by atoms with Crippen LogP contribution in [0.5, 0.6) is 0 Å². The van der Waals surface area contributed by atoms with Crippen molar-refractivity contribution in [2.45, 2.75) is 13.3 Å². The lowest BCUT2D eigenvalue weighted by Gasteiger charge is -2.26. The summed E-state index contributed by atoms with van der Waals surface area (Å²) in [6.45, 7) is 3.23. The number of amides is 1. The van der Waals surface area contributed by atoms with Crippen molar-refractivity contribution in [3.05, 3.63) is 41.2 Å². The summed E-state index contributed by atoms with van der Waals surface area (Å²) in [7, 11) is 0. The Kier molecular flexibility index (Phi) is 3.13. The summed E-state index contributed by atoms with van der Waals surface area (Å²) in [6, 6.07) is 3.88. The normalized spacial score (nSPS) is 15.6. The molecule has 2 rings (SSSR count). The van der Waals surface area contributed by atoms with E-state index >= 15 is 0 Å². The predicted molar refractivity (Wildman–Crippen MR) is 65.1 cm³/mol. The van der Waals surface area contributed by atoms with Gasteiger partial charge in [0.2, 0.25) is 0 Å². The number of carbonyl (C=O) groups is 1. The van der Waals surface area contributed by atoms with Gasteiger partial charge in [-0.25, -0.2) is 4.39 Å². The molecule has 0 saturated heterocycles. The molecule has 1 aliphatic heterocycles. The highest BCUT2D eigenvalue weighted by Gasteiger charge is 2.20. The van der Waals surface area contributed by atoms with Gasteiger partial charge in [-0.15, -0.1) is 0 Å². The average molecular weight is 234 g/mol. The van der Waals surface area contributed by atoms with Gasteiger partial charge in [-0.3, -0.25) is 4.79 Å². The molecule has 90 valence electrons. The summed E-state index contributed by atoms with van der Waals surface area (Å²) in [5, 5.41) is 0. The van der Waals surface area contributed by atoms with Crippen LogP contribution in [0.1, 0.15) is 23.7 Å². The maximum Gasteiger partial charge on any atom is 0.256 e. The van der Waals surface area contributed by atoms with E-state index in [2.05, 4.69) is 6.08 Å². The molecule has 0 spiro atoms. The Labute approximate surface area is 99.7 Å². The van der Waals surface area contributed by atoms with Gasteiger partial charge in [0.25, 0.3) is 5.91 Å². The van der Waals surface area contributed by atoms with Gasteiger partial charge in [0.15, 0.2) is 0 Å². The number of nitrogens with two attached hydrogens (primary N) is 1. The Hall–Kier alpha value is -1.84. The Bertz CT molecular complexity index is 482. The Morgan fingerprint density at radius 3 is 2.94 bits per heavy atom. The van der Waals surface area contributed by atoms with Crippen LogP contribution in [0.3, 0.4) is 0 Å². The SMILES string of the molecule is CC1=CCCN(C(=O)c2cc(F)ccc2N)C1. The molecule has 0 saturated carbocycles. The smallest absolute Gasteiger partial charge is 0.256 e. The lowest BCUT2D eigenvalue weighted by molar-refractivity contribution is 0.0766. The first-order chi connectivity index (χ1) is 8.08. The first-order valence-electron chi connectivity index (χ1n) is 5.58. The summed E-state index contributed by atoms with van der Waals surface area (Å²) >= 11 is 0. The van der Waals surface area contributed by atoms with Gasteiger partial charge >= 0.3 is 0 Å². The van der Waals surface area contributed by atoms with Crippen molar-refractivity contribution in [3.63, 3.8) is 0 Å². The van der Waals surface area contributed by atoms with Crippen LogP contribution in [0, 0.1) is 5.82 Å². The van der Waals surface area contributed by atoms with Gasteiger partial charge in [0, 0.05) is 18.8 Å². The zero-order valence-corrected chi connectivity index (χ0v) is 9.74. The van der Waals surface area contributed by atoms with E-state index in [9.17, 15) is 9.18 Å². The van der Waals surface area contributed by atoms with Crippen LogP contribution in [0.25, 0.3) is 0 Å². The molecular formula is C13H15FN2O. The van der Waals surface area contributed by atoms with Gasteiger partial charge in [-0.1, -0.05) is 11.6 Å². The van der Waals surface area contributed by atoms with Gasteiger partial charge in [0.05, 0.1) is 5.56 Å². The number of anilines is 1. The van der Waals surface area contributed by atoms with Crippen LogP contribution in [0.15, 0.2) is 29.8 Å². The Morgan fingerprint density at radius 1 is 1.47 bits per heavy atom. The van der Waals surface area contributed by atoms with E-state index in [1.165, 1.54) is 18.2 Å². The number of rotatable bonds is 1. The molecule has 0 atom stereocenters. The highest BCUT2D eigenvalue weighted by Crippen LogP contribution is 2.18. The molecule has 17 heavy (non-hydrogen) atoms. The fraction of sp³-hybridized carbons (Fsp3) is 0.308. The van der Waals surface area contributed by atoms with E-state index in [4.69, 9.17) is 5.73 Å². The highest BCUT2D eigenvalue weighted by atomic mass is 19.1. The molecule has 4 heteroatoms. The highest BCUT2D eigenvalue weighted by molar-refractivity contribution is 5.99. The largest absolute Gasteiger partial charge is 0.398 e. The minimum atomic E-state index is -0.438. The zero-order chi connectivity index (χ0) is 12.4.